The minimum absolute atomic E-state index is 0. The summed E-state index contributed by atoms with van der Waals surface area (Å²) in [6.45, 7) is 5.45. The van der Waals surface area contributed by atoms with Crippen molar-refractivity contribution in [3.63, 3.8) is 0 Å². The van der Waals surface area contributed by atoms with E-state index in [2.05, 4.69) is 20.3 Å². The van der Waals surface area contributed by atoms with Gasteiger partial charge in [0.15, 0.2) is 5.96 Å². The van der Waals surface area contributed by atoms with Crippen LogP contribution in [0, 0.1) is 0 Å². The van der Waals surface area contributed by atoms with Gasteiger partial charge in [-0.05, 0) is 19.8 Å². The molecule has 0 saturated carbocycles. The standard InChI is InChI=1S/C19H33N5O3.HI/c1-4-26-18(25)9-7-5-6-8-10-21-19(20-2)24-11-12-27-17(15-24)16-13-22-23(3)14-16;/h13-14,17H,4-12,15H2,1-3H3,(H,20,21);1H. The smallest absolute Gasteiger partial charge is 0.305 e. The normalized spacial score (nSPS) is 17.2. The molecular formula is C19H34IN5O3. The maximum Gasteiger partial charge on any atom is 0.305 e. The van der Waals surface area contributed by atoms with E-state index in [1.807, 2.05) is 33.4 Å². The van der Waals surface area contributed by atoms with E-state index >= 15 is 0 Å². The van der Waals surface area contributed by atoms with E-state index in [0.717, 1.165) is 56.8 Å². The molecule has 0 amide bonds. The minimum atomic E-state index is -0.0912. The third kappa shape index (κ3) is 8.34. The summed E-state index contributed by atoms with van der Waals surface area (Å²) in [4.78, 5) is 17.9. The first-order valence-corrected chi connectivity index (χ1v) is 9.85. The van der Waals surface area contributed by atoms with Gasteiger partial charge in [-0.15, -0.1) is 24.0 Å². The van der Waals surface area contributed by atoms with Gasteiger partial charge >= 0.3 is 5.97 Å². The number of nitrogens with one attached hydrogen (secondary N) is 1. The number of carbonyl (C=O) groups excluding carboxylic acids is 1. The molecule has 1 aliphatic heterocycles. The summed E-state index contributed by atoms with van der Waals surface area (Å²) < 4.78 is 12.6. The van der Waals surface area contributed by atoms with E-state index in [4.69, 9.17) is 9.47 Å². The molecule has 0 radical (unpaired) electrons. The van der Waals surface area contributed by atoms with E-state index in [0.29, 0.717) is 19.6 Å². The predicted molar refractivity (Wildman–Crippen MR) is 120 cm³/mol. The number of aliphatic imine (C=N–C) groups is 1. The van der Waals surface area contributed by atoms with Gasteiger partial charge in [0.05, 0.1) is 26.0 Å². The third-order valence-corrected chi connectivity index (χ3v) is 4.57. The van der Waals surface area contributed by atoms with E-state index in [-0.39, 0.29) is 36.0 Å². The van der Waals surface area contributed by atoms with Crippen molar-refractivity contribution in [2.45, 2.75) is 45.1 Å². The molecule has 1 saturated heterocycles. The van der Waals surface area contributed by atoms with Gasteiger partial charge < -0.3 is 19.7 Å². The van der Waals surface area contributed by atoms with E-state index in [1.54, 1.807) is 4.68 Å². The number of halogens is 1. The Morgan fingerprint density at radius 2 is 2.18 bits per heavy atom. The van der Waals surface area contributed by atoms with Crippen molar-refractivity contribution in [3.8, 4) is 0 Å². The number of unbranched alkanes of at least 4 members (excludes halogenated alkanes) is 3. The van der Waals surface area contributed by atoms with Crippen LogP contribution in [0.2, 0.25) is 0 Å². The average Bonchev–Trinajstić information content (AvgIpc) is 3.11. The van der Waals surface area contributed by atoms with Crippen LogP contribution in [-0.2, 0) is 21.3 Å². The number of aryl methyl sites for hydroxylation is 1. The molecule has 1 fully saturated rings. The molecular weight excluding hydrogens is 473 g/mol. The zero-order valence-electron chi connectivity index (χ0n) is 17.2. The summed E-state index contributed by atoms with van der Waals surface area (Å²) in [6.07, 6.45) is 8.48. The van der Waals surface area contributed by atoms with Crippen LogP contribution in [0.1, 0.15) is 50.7 Å². The molecule has 1 atom stereocenters. The number of ether oxygens (including phenoxy) is 2. The number of guanidine groups is 1. The van der Waals surface area contributed by atoms with E-state index in [1.165, 1.54) is 0 Å². The maximum atomic E-state index is 11.3. The fraction of sp³-hybridized carbons (Fsp3) is 0.737. The van der Waals surface area contributed by atoms with Crippen molar-refractivity contribution in [1.82, 2.24) is 20.0 Å². The Balaban J connectivity index is 0.00000392. The third-order valence-electron chi connectivity index (χ3n) is 4.57. The van der Waals surface area contributed by atoms with Crippen LogP contribution in [0.3, 0.4) is 0 Å². The molecule has 1 aliphatic rings. The second-order valence-corrected chi connectivity index (χ2v) is 6.70. The Morgan fingerprint density at radius 3 is 2.86 bits per heavy atom. The van der Waals surface area contributed by atoms with Crippen molar-refractivity contribution in [1.29, 1.82) is 0 Å². The van der Waals surface area contributed by atoms with Crippen LogP contribution in [0.25, 0.3) is 0 Å². The zero-order chi connectivity index (χ0) is 19.5. The van der Waals surface area contributed by atoms with Gasteiger partial charge in [-0.1, -0.05) is 12.8 Å². The van der Waals surface area contributed by atoms with Gasteiger partial charge in [-0.3, -0.25) is 14.5 Å². The number of carbonyl (C=O) groups is 1. The van der Waals surface area contributed by atoms with E-state index in [9.17, 15) is 4.79 Å². The number of morpholine rings is 1. The summed E-state index contributed by atoms with van der Waals surface area (Å²) in [5.74, 6) is 0.824. The lowest BCUT2D eigenvalue weighted by Crippen LogP contribution is -2.48. The molecule has 0 bridgehead atoms. The number of nitrogens with zero attached hydrogens (tertiary/aromatic N) is 4. The summed E-state index contributed by atoms with van der Waals surface area (Å²) >= 11 is 0. The van der Waals surface area contributed by atoms with Crippen LogP contribution < -0.4 is 5.32 Å². The summed E-state index contributed by atoms with van der Waals surface area (Å²) in [7, 11) is 3.73. The topological polar surface area (TPSA) is 81.0 Å². The van der Waals surface area contributed by atoms with Gasteiger partial charge in [-0.2, -0.15) is 5.10 Å². The SMILES string of the molecule is CCOC(=O)CCCCCCNC(=NC)N1CCOC(c2cnn(C)c2)C1.I. The van der Waals surface area contributed by atoms with Crippen molar-refractivity contribution in [2.75, 3.05) is 39.9 Å². The monoisotopic (exact) mass is 507 g/mol. The lowest BCUT2D eigenvalue weighted by atomic mass is 10.1. The average molecular weight is 507 g/mol. The highest BCUT2D eigenvalue weighted by Crippen LogP contribution is 2.21. The van der Waals surface area contributed by atoms with Gasteiger partial charge in [0.1, 0.15) is 6.10 Å². The van der Waals surface area contributed by atoms with E-state index < -0.39 is 0 Å². The second-order valence-electron chi connectivity index (χ2n) is 6.70. The number of hydrogen-bond acceptors (Lipinski definition) is 5. The molecule has 9 heteroatoms. The van der Waals surface area contributed by atoms with Crippen LogP contribution in [0.5, 0.6) is 0 Å². The quantitative estimate of drug-likeness (QED) is 0.182. The molecule has 0 aliphatic carbocycles. The second kappa shape index (κ2) is 13.8. The van der Waals surface area contributed by atoms with Crippen molar-refractivity contribution in [3.05, 3.63) is 18.0 Å². The van der Waals surface area contributed by atoms with Gasteiger partial charge in [0.2, 0.25) is 0 Å². The van der Waals surface area contributed by atoms with Crippen LogP contribution >= 0.6 is 24.0 Å². The molecule has 0 spiro atoms. The highest BCUT2D eigenvalue weighted by atomic mass is 127. The minimum Gasteiger partial charge on any atom is -0.466 e. The van der Waals surface area contributed by atoms with Gasteiger partial charge in [-0.25, -0.2) is 0 Å². The Kier molecular flexibility index (Phi) is 12.1. The first-order chi connectivity index (χ1) is 13.1. The molecule has 28 heavy (non-hydrogen) atoms. The van der Waals surface area contributed by atoms with Crippen molar-refractivity contribution < 1.29 is 14.3 Å². The largest absolute Gasteiger partial charge is 0.466 e. The number of esters is 1. The lowest BCUT2D eigenvalue weighted by molar-refractivity contribution is -0.143. The van der Waals surface area contributed by atoms with Crippen LogP contribution in [0.4, 0.5) is 0 Å². The van der Waals surface area contributed by atoms with Crippen LogP contribution in [0.15, 0.2) is 17.4 Å². The first-order valence-electron chi connectivity index (χ1n) is 9.85. The fourth-order valence-corrected chi connectivity index (χ4v) is 3.16. The molecule has 1 aromatic rings. The molecule has 1 N–H and O–H groups in total. The highest BCUT2D eigenvalue weighted by Gasteiger charge is 2.24. The number of aromatic nitrogens is 2. The summed E-state index contributed by atoms with van der Waals surface area (Å²) in [5, 5.41) is 7.68. The molecule has 1 aromatic heterocycles. The summed E-state index contributed by atoms with van der Waals surface area (Å²) in [6, 6.07) is 0. The van der Waals surface area contributed by atoms with Crippen molar-refractivity contribution in [2.24, 2.45) is 12.0 Å². The molecule has 1 unspecified atom stereocenters. The molecule has 8 nitrogen and oxygen atoms in total. The maximum absolute atomic E-state index is 11.3. The Labute approximate surface area is 185 Å². The first kappa shape index (κ1) is 24.7. The summed E-state index contributed by atoms with van der Waals surface area (Å²) in [5.41, 5.74) is 1.10. The molecule has 2 rings (SSSR count). The Morgan fingerprint density at radius 1 is 1.39 bits per heavy atom. The Hall–Kier alpha value is -1.36. The van der Waals surface area contributed by atoms with Gasteiger partial charge in [0, 0.05) is 45.4 Å². The zero-order valence-corrected chi connectivity index (χ0v) is 19.6. The number of hydrogen-bond donors (Lipinski definition) is 1. The molecule has 0 aromatic carbocycles. The van der Waals surface area contributed by atoms with Crippen LogP contribution in [-0.4, -0.2) is 66.5 Å². The fourth-order valence-electron chi connectivity index (χ4n) is 3.16. The Bertz CT molecular complexity index is 608. The van der Waals surface area contributed by atoms with Crippen molar-refractivity contribution >= 4 is 35.9 Å². The predicted octanol–water partition coefficient (Wildman–Crippen LogP) is 2.50. The lowest BCUT2D eigenvalue weighted by Gasteiger charge is -2.34. The molecule has 2 heterocycles. The highest BCUT2D eigenvalue weighted by molar-refractivity contribution is 14.0. The molecule has 160 valence electrons. The number of rotatable bonds is 9. The van der Waals surface area contributed by atoms with Gasteiger partial charge in [0.25, 0.3) is 0 Å².